The van der Waals surface area contributed by atoms with Crippen LogP contribution >= 0.6 is 15.9 Å². The molecule has 17 heavy (non-hydrogen) atoms. The van der Waals surface area contributed by atoms with Crippen LogP contribution in [0.2, 0.25) is 0 Å². The SMILES string of the molecule is CCN(C(=O)OC(C)(C)C)C(C)CC(=O)CBr. The minimum absolute atomic E-state index is 0.0829. The minimum atomic E-state index is -0.510. The van der Waals surface area contributed by atoms with Crippen LogP contribution in [0.1, 0.15) is 41.0 Å². The number of carbonyl (C=O) groups is 2. The number of ether oxygens (including phenoxy) is 1. The molecule has 0 rings (SSSR count). The Kier molecular flexibility index (Phi) is 6.75. The first-order valence-electron chi connectivity index (χ1n) is 5.78. The summed E-state index contributed by atoms with van der Waals surface area (Å²) in [5, 5.41) is 0.323. The van der Waals surface area contributed by atoms with E-state index in [9.17, 15) is 9.59 Å². The van der Waals surface area contributed by atoms with E-state index >= 15 is 0 Å². The molecule has 0 spiro atoms. The van der Waals surface area contributed by atoms with Gasteiger partial charge in [-0.25, -0.2) is 4.79 Å². The lowest BCUT2D eigenvalue weighted by molar-refractivity contribution is -0.117. The number of hydrogen-bond donors (Lipinski definition) is 0. The lowest BCUT2D eigenvalue weighted by Gasteiger charge is -2.30. The first kappa shape index (κ1) is 16.4. The van der Waals surface area contributed by atoms with E-state index in [1.54, 1.807) is 4.90 Å². The highest BCUT2D eigenvalue weighted by Crippen LogP contribution is 2.13. The Labute approximate surface area is 112 Å². The van der Waals surface area contributed by atoms with Crippen molar-refractivity contribution in [1.29, 1.82) is 0 Å². The second-order valence-corrected chi connectivity index (χ2v) is 5.55. The number of alkyl halides is 1. The number of amides is 1. The number of Topliss-reactive ketones (excluding diaryl/α,β-unsaturated/α-hetero) is 1. The van der Waals surface area contributed by atoms with Crippen LogP contribution in [-0.4, -0.2) is 40.3 Å². The number of nitrogens with zero attached hydrogens (tertiary/aromatic N) is 1. The van der Waals surface area contributed by atoms with Gasteiger partial charge in [-0.1, -0.05) is 15.9 Å². The fourth-order valence-corrected chi connectivity index (χ4v) is 1.66. The Morgan fingerprint density at radius 2 is 1.88 bits per heavy atom. The van der Waals surface area contributed by atoms with Gasteiger partial charge in [-0.2, -0.15) is 0 Å². The predicted octanol–water partition coefficient (Wildman–Crippen LogP) is 2.99. The molecule has 1 amide bonds. The molecule has 0 aliphatic rings. The van der Waals surface area contributed by atoms with Crippen LogP contribution in [-0.2, 0) is 9.53 Å². The van der Waals surface area contributed by atoms with E-state index in [4.69, 9.17) is 4.74 Å². The van der Waals surface area contributed by atoms with Crippen LogP contribution in [0, 0.1) is 0 Å². The van der Waals surface area contributed by atoms with Gasteiger partial charge in [0.1, 0.15) is 11.4 Å². The average molecular weight is 308 g/mol. The Balaban J connectivity index is 4.50. The number of rotatable bonds is 5. The standard InChI is InChI=1S/C12H22BrNO3/c1-6-14(9(2)7-10(15)8-13)11(16)17-12(3,4)5/h9H,6-8H2,1-5H3. The number of hydrogen-bond acceptors (Lipinski definition) is 3. The zero-order valence-electron chi connectivity index (χ0n) is 11.2. The van der Waals surface area contributed by atoms with E-state index in [1.807, 2.05) is 34.6 Å². The second kappa shape index (κ2) is 6.99. The van der Waals surface area contributed by atoms with Gasteiger partial charge in [0.05, 0.1) is 5.33 Å². The summed E-state index contributed by atoms with van der Waals surface area (Å²) in [6, 6.07) is -0.139. The van der Waals surface area contributed by atoms with Crippen molar-refractivity contribution in [3.63, 3.8) is 0 Å². The summed E-state index contributed by atoms with van der Waals surface area (Å²) in [5.41, 5.74) is -0.510. The Morgan fingerprint density at radius 3 is 2.24 bits per heavy atom. The van der Waals surface area contributed by atoms with E-state index in [0.29, 0.717) is 18.3 Å². The van der Waals surface area contributed by atoms with Gasteiger partial charge in [0.25, 0.3) is 0 Å². The molecule has 0 aliphatic carbocycles. The summed E-state index contributed by atoms with van der Waals surface area (Å²) >= 11 is 3.12. The van der Waals surface area contributed by atoms with Gasteiger partial charge in [-0.3, -0.25) is 4.79 Å². The molecule has 5 heteroatoms. The molecule has 0 aliphatic heterocycles. The van der Waals surface area contributed by atoms with E-state index in [-0.39, 0.29) is 17.9 Å². The van der Waals surface area contributed by atoms with E-state index in [0.717, 1.165) is 0 Å². The van der Waals surface area contributed by atoms with E-state index in [2.05, 4.69) is 15.9 Å². The van der Waals surface area contributed by atoms with Crippen molar-refractivity contribution in [1.82, 2.24) is 4.90 Å². The molecular weight excluding hydrogens is 286 g/mol. The molecule has 0 saturated carbocycles. The average Bonchev–Trinajstić information content (AvgIpc) is 2.15. The maximum Gasteiger partial charge on any atom is 0.410 e. The topological polar surface area (TPSA) is 46.6 Å². The van der Waals surface area contributed by atoms with Gasteiger partial charge in [-0.05, 0) is 34.6 Å². The van der Waals surface area contributed by atoms with Crippen molar-refractivity contribution >= 4 is 27.8 Å². The summed E-state index contributed by atoms with van der Waals surface area (Å²) in [7, 11) is 0. The first-order chi connectivity index (χ1) is 7.71. The van der Waals surface area contributed by atoms with Gasteiger partial charge >= 0.3 is 6.09 Å². The van der Waals surface area contributed by atoms with Gasteiger partial charge < -0.3 is 9.64 Å². The van der Waals surface area contributed by atoms with Gasteiger partial charge in [-0.15, -0.1) is 0 Å². The van der Waals surface area contributed by atoms with Crippen molar-refractivity contribution in [3.8, 4) is 0 Å². The van der Waals surface area contributed by atoms with Crippen LogP contribution in [0.15, 0.2) is 0 Å². The molecule has 100 valence electrons. The molecule has 4 nitrogen and oxygen atoms in total. The Morgan fingerprint density at radius 1 is 1.35 bits per heavy atom. The molecule has 0 heterocycles. The summed E-state index contributed by atoms with van der Waals surface area (Å²) in [6.45, 7) is 9.74. The zero-order valence-corrected chi connectivity index (χ0v) is 12.8. The third-order valence-corrected chi connectivity index (χ3v) is 2.80. The molecule has 1 atom stereocenters. The molecule has 0 aromatic carbocycles. The summed E-state index contributed by atoms with van der Waals surface area (Å²) < 4.78 is 5.29. The highest BCUT2D eigenvalue weighted by Gasteiger charge is 2.25. The van der Waals surface area contributed by atoms with Crippen LogP contribution in [0.5, 0.6) is 0 Å². The van der Waals surface area contributed by atoms with Crippen molar-refractivity contribution in [3.05, 3.63) is 0 Å². The van der Waals surface area contributed by atoms with E-state index < -0.39 is 5.60 Å². The lowest BCUT2D eigenvalue weighted by atomic mass is 10.1. The molecular formula is C12H22BrNO3. The van der Waals surface area contributed by atoms with Crippen molar-refractivity contribution in [2.24, 2.45) is 0 Å². The third kappa shape index (κ3) is 6.66. The third-order valence-electron chi connectivity index (χ3n) is 2.17. The highest BCUT2D eigenvalue weighted by atomic mass is 79.9. The maximum atomic E-state index is 11.9. The molecule has 0 aromatic rings. The minimum Gasteiger partial charge on any atom is -0.444 e. The summed E-state index contributed by atoms with van der Waals surface area (Å²) in [4.78, 5) is 24.8. The van der Waals surface area contributed by atoms with Crippen LogP contribution in [0.4, 0.5) is 4.79 Å². The number of halogens is 1. The quantitative estimate of drug-likeness (QED) is 0.734. The first-order valence-corrected chi connectivity index (χ1v) is 6.90. The lowest BCUT2D eigenvalue weighted by Crippen LogP contribution is -2.42. The predicted molar refractivity (Wildman–Crippen MR) is 71.5 cm³/mol. The van der Waals surface area contributed by atoms with Crippen molar-refractivity contribution in [2.45, 2.75) is 52.7 Å². The fourth-order valence-electron chi connectivity index (χ4n) is 1.44. The largest absolute Gasteiger partial charge is 0.444 e. The van der Waals surface area contributed by atoms with Gasteiger partial charge in [0, 0.05) is 19.0 Å². The second-order valence-electron chi connectivity index (χ2n) is 4.99. The molecule has 0 fully saturated rings. The smallest absolute Gasteiger partial charge is 0.410 e. The molecule has 0 saturated heterocycles. The molecule has 0 radical (unpaired) electrons. The normalized spacial score (nSPS) is 13.1. The summed E-state index contributed by atoms with van der Waals surface area (Å²) in [5.74, 6) is 0.0829. The van der Waals surface area contributed by atoms with Crippen LogP contribution in [0.3, 0.4) is 0 Å². The summed E-state index contributed by atoms with van der Waals surface area (Å²) in [6.07, 6.45) is -0.0203. The van der Waals surface area contributed by atoms with E-state index in [1.165, 1.54) is 0 Å². The Bertz CT molecular complexity index is 273. The number of carbonyl (C=O) groups excluding carboxylic acids is 2. The van der Waals surface area contributed by atoms with Crippen LogP contribution < -0.4 is 0 Å². The highest BCUT2D eigenvalue weighted by molar-refractivity contribution is 9.09. The molecule has 0 N–H and O–H groups in total. The maximum absolute atomic E-state index is 11.9. The molecule has 1 unspecified atom stereocenters. The van der Waals surface area contributed by atoms with Gasteiger partial charge in [0.15, 0.2) is 0 Å². The van der Waals surface area contributed by atoms with Crippen LogP contribution in [0.25, 0.3) is 0 Å². The monoisotopic (exact) mass is 307 g/mol. The van der Waals surface area contributed by atoms with Crippen molar-refractivity contribution < 1.29 is 14.3 Å². The molecule has 0 aromatic heterocycles. The number of ketones is 1. The van der Waals surface area contributed by atoms with Crippen molar-refractivity contribution in [2.75, 3.05) is 11.9 Å². The van der Waals surface area contributed by atoms with Gasteiger partial charge in [0.2, 0.25) is 0 Å². The fraction of sp³-hybridized carbons (Fsp3) is 0.833. The Hall–Kier alpha value is -0.580. The zero-order chi connectivity index (χ0) is 13.6. The molecule has 0 bridgehead atoms.